The average molecular weight is 1310 g/mol. The van der Waals surface area contributed by atoms with E-state index in [9.17, 15) is 43.2 Å². The Morgan fingerprint density at radius 1 is 0.315 bits per heavy atom. The SMILES string of the molecule is CCC(C)CCCCCCCCCCC(=O)OC[C@H](COP(=O)(O)OC[C@@H](O)COP(=O)(O)OC[C@@H](COC(=O)CCCCCCCCC(C)C)OC(=O)CCCCCCCCCCC(C)C)OC(=O)CCCCCCCCCCCCCCCCC(C)C. The van der Waals surface area contributed by atoms with Gasteiger partial charge < -0.3 is 33.8 Å². The van der Waals surface area contributed by atoms with Gasteiger partial charge in [0.15, 0.2) is 12.2 Å². The third-order valence-corrected chi connectivity index (χ3v) is 18.3. The Bertz CT molecular complexity index is 1770. The summed E-state index contributed by atoms with van der Waals surface area (Å²) in [5.74, 6) is 0.838. The number of hydrogen-bond donors (Lipinski definition) is 3. The molecule has 0 amide bonds. The Balaban J connectivity index is 5.24. The fourth-order valence-corrected chi connectivity index (χ4v) is 12.0. The van der Waals surface area contributed by atoms with Gasteiger partial charge in [-0.3, -0.25) is 37.3 Å². The van der Waals surface area contributed by atoms with Gasteiger partial charge in [-0.25, -0.2) is 9.13 Å². The van der Waals surface area contributed by atoms with Crippen molar-refractivity contribution in [1.82, 2.24) is 0 Å². The summed E-state index contributed by atoms with van der Waals surface area (Å²) in [6.45, 7) is 14.0. The number of hydrogen-bond acceptors (Lipinski definition) is 15. The van der Waals surface area contributed by atoms with E-state index in [1.54, 1.807) is 0 Å². The standard InChI is InChI=1S/C70H136O17P2/c1-9-63(8)49-41-33-24-19-21-25-34-42-50-67(72)80-56-65(86-69(74)52-44-36-26-17-15-13-11-10-12-14-16-22-30-38-46-60(2)3)58-84-88(76,77)82-54-64(71)55-83-89(78,79)85-59-66(57-81-68(73)51-43-35-29-28-32-40-48-62(6)7)87-70(75)53-45-37-27-20-18-23-31-39-47-61(4)5/h60-66,71H,9-59H2,1-8H3,(H,76,77)(H,78,79)/t63?,64-,65-,66-/m1/s1. The highest BCUT2D eigenvalue weighted by atomic mass is 31.2. The Morgan fingerprint density at radius 2 is 0.539 bits per heavy atom. The van der Waals surface area contributed by atoms with Crippen molar-refractivity contribution in [3.63, 3.8) is 0 Å². The van der Waals surface area contributed by atoms with Crippen molar-refractivity contribution in [2.24, 2.45) is 23.7 Å². The van der Waals surface area contributed by atoms with Gasteiger partial charge in [-0.2, -0.15) is 0 Å². The van der Waals surface area contributed by atoms with E-state index < -0.39 is 97.5 Å². The van der Waals surface area contributed by atoms with Crippen LogP contribution in [0.4, 0.5) is 0 Å². The molecule has 0 saturated heterocycles. The van der Waals surface area contributed by atoms with E-state index in [-0.39, 0.29) is 25.7 Å². The minimum Gasteiger partial charge on any atom is -0.462 e. The zero-order chi connectivity index (χ0) is 66.1. The summed E-state index contributed by atoms with van der Waals surface area (Å²) in [6.07, 6.45) is 41.8. The molecule has 0 heterocycles. The summed E-state index contributed by atoms with van der Waals surface area (Å²) in [5, 5.41) is 10.6. The van der Waals surface area contributed by atoms with E-state index in [1.165, 1.54) is 141 Å². The second-order valence-corrected chi connectivity index (χ2v) is 29.8. The largest absolute Gasteiger partial charge is 0.472 e. The van der Waals surface area contributed by atoms with Crippen LogP contribution in [0.2, 0.25) is 0 Å². The molecule has 89 heavy (non-hydrogen) atoms. The molecule has 0 fully saturated rings. The van der Waals surface area contributed by atoms with Gasteiger partial charge in [-0.15, -0.1) is 0 Å². The van der Waals surface area contributed by atoms with Crippen LogP contribution in [0.15, 0.2) is 0 Å². The zero-order valence-electron chi connectivity index (χ0n) is 58.1. The molecule has 3 N–H and O–H groups in total. The summed E-state index contributed by atoms with van der Waals surface area (Å²) in [5.41, 5.74) is 0. The lowest BCUT2D eigenvalue weighted by molar-refractivity contribution is -0.161. The zero-order valence-corrected chi connectivity index (χ0v) is 59.8. The van der Waals surface area contributed by atoms with Crippen molar-refractivity contribution in [1.29, 1.82) is 0 Å². The fourth-order valence-electron chi connectivity index (χ4n) is 10.5. The minimum absolute atomic E-state index is 0.103. The summed E-state index contributed by atoms with van der Waals surface area (Å²) in [4.78, 5) is 72.5. The number of aliphatic hydroxyl groups is 1. The topological polar surface area (TPSA) is 237 Å². The van der Waals surface area contributed by atoms with E-state index >= 15 is 0 Å². The number of aliphatic hydroxyl groups excluding tert-OH is 1. The Morgan fingerprint density at radius 3 is 0.798 bits per heavy atom. The lowest BCUT2D eigenvalue weighted by Gasteiger charge is -2.21. The van der Waals surface area contributed by atoms with Gasteiger partial charge >= 0.3 is 39.5 Å². The maximum absolute atomic E-state index is 13.0. The number of phosphoric acid groups is 2. The molecule has 0 aliphatic heterocycles. The van der Waals surface area contributed by atoms with Crippen molar-refractivity contribution in [3.8, 4) is 0 Å². The van der Waals surface area contributed by atoms with E-state index in [0.29, 0.717) is 31.6 Å². The molecule has 19 heteroatoms. The smallest absolute Gasteiger partial charge is 0.462 e. The van der Waals surface area contributed by atoms with E-state index in [0.717, 1.165) is 114 Å². The highest BCUT2D eigenvalue weighted by Crippen LogP contribution is 2.45. The van der Waals surface area contributed by atoms with E-state index in [2.05, 4.69) is 55.4 Å². The highest BCUT2D eigenvalue weighted by Gasteiger charge is 2.30. The van der Waals surface area contributed by atoms with Crippen LogP contribution in [-0.2, 0) is 65.4 Å². The normalized spacial score (nSPS) is 14.6. The number of carbonyl (C=O) groups excluding carboxylic acids is 4. The van der Waals surface area contributed by atoms with Gasteiger partial charge in [-0.1, -0.05) is 293 Å². The number of unbranched alkanes of at least 4 members (excludes halogenated alkanes) is 32. The number of esters is 4. The van der Waals surface area contributed by atoms with Crippen LogP contribution in [0.3, 0.4) is 0 Å². The molecule has 6 atom stereocenters. The van der Waals surface area contributed by atoms with Crippen molar-refractivity contribution < 1.29 is 80.2 Å². The Hall–Kier alpha value is -1.94. The quantitative estimate of drug-likeness (QED) is 0.0222. The molecular formula is C70H136O17P2. The first-order valence-corrected chi connectivity index (χ1v) is 39.2. The summed E-state index contributed by atoms with van der Waals surface area (Å²) in [6, 6.07) is 0. The Kier molecular flexibility index (Phi) is 58.5. The molecule has 0 aromatic carbocycles. The van der Waals surface area contributed by atoms with E-state index in [1.807, 2.05) is 0 Å². The monoisotopic (exact) mass is 1310 g/mol. The average Bonchev–Trinajstić information content (AvgIpc) is 3.69. The van der Waals surface area contributed by atoms with Crippen molar-refractivity contribution in [2.45, 2.75) is 363 Å². The van der Waals surface area contributed by atoms with Crippen LogP contribution in [0.1, 0.15) is 344 Å². The third kappa shape index (κ3) is 63.2. The summed E-state index contributed by atoms with van der Waals surface area (Å²) in [7, 11) is -9.90. The van der Waals surface area contributed by atoms with Gasteiger partial charge in [0.25, 0.3) is 0 Å². The van der Waals surface area contributed by atoms with Crippen LogP contribution in [0.5, 0.6) is 0 Å². The maximum Gasteiger partial charge on any atom is 0.472 e. The lowest BCUT2D eigenvalue weighted by Crippen LogP contribution is -2.30. The Labute approximate surface area is 543 Å². The first-order valence-electron chi connectivity index (χ1n) is 36.2. The van der Waals surface area contributed by atoms with Gasteiger partial charge in [-0.05, 0) is 49.4 Å². The van der Waals surface area contributed by atoms with Crippen LogP contribution < -0.4 is 0 Å². The van der Waals surface area contributed by atoms with Gasteiger partial charge in [0, 0.05) is 25.7 Å². The number of phosphoric ester groups is 2. The van der Waals surface area contributed by atoms with Crippen molar-refractivity contribution in [2.75, 3.05) is 39.6 Å². The molecule has 0 aliphatic carbocycles. The molecule has 528 valence electrons. The van der Waals surface area contributed by atoms with Crippen LogP contribution in [0.25, 0.3) is 0 Å². The van der Waals surface area contributed by atoms with Crippen LogP contribution in [-0.4, -0.2) is 96.7 Å². The molecule has 3 unspecified atom stereocenters. The first kappa shape index (κ1) is 87.1. The number of ether oxygens (including phenoxy) is 4. The second kappa shape index (κ2) is 59.8. The molecule has 17 nitrogen and oxygen atoms in total. The molecule has 0 radical (unpaired) electrons. The molecule has 0 rings (SSSR count). The van der Waals surface area contributed by atoms with Crippen molar-refractivity contribution in [3.05, 3.63) is 0 Å². The number of carbonyl (C=O) groups is 4. The summed E-state index contributed by atoms with van der Waals surface area (Å²) >= 11 is 0. The molecule has 0 spiro atoms. The highest BCUT2D eigenvalue weighted by molar-refractivity contribution is 7.47. The minimum atomic E-state index is -4.95. The predicted octanol–water partition coefficient (Wildman–Crippen LogP) is 19.7. The van der Waals surface area contributed by atoms with Crippen molar-refractivity contribution >= 4 is 39.5 Å². The molecular weight excluding hydrogens is 1170 g/mol. The van der Waals surface area contributed by atoms with Crippen LogP contribution >= 0.6 is 15.6 Å². The first-order chi connectivity index (χ1) is 42.6. The second-order valence-electron chi connectivity index (χ2n) is 26.9. The van der Waals surface area contributed by atoms with Crippen LogP contribution in [0, 0.1) is 23.7 Å². The molecule has 0 aromatic rings. The third-order valence-electron chi connectivity index (χ3n) is 16.4. The van der Waals surface area contributed by atoms with E-state index in [4.69, 9.17) is 37.0 Å². The fraction of sp³-hybridized carbons (Fsp3) is 0.943. The van der Waals surface area contributed by atoms with Gasteiger partial charge in [0.05, 0.1) is 26.4 Å². The summed E-state index contributed by atoms with van der Waals surface area (Å²) < 4.78 is 68.2. The maximum atomic E-state index is 13.0. The molecule has 0 saturated carbocycles. The number of rotatable bonds is 67. The molecule has 0 aromatic heterocycles. The van der Waals surface area contributed by atoms with Gasteiger partial charge in [0.2, 0.25) is 0 Å². The molecule has 0 bridgehead atoms. The lowest BCUT2D eigenvalue weighted by atomic mass is 9.99. The molecule has 0 aliphatic rings. The van der Waals surface area contributed by atoms with Gasteiger partial charge in [0.1, 0.15) is 19.3 Å². The predicted molar refractivity (Wildman–Crippen MR) is 358 cm³/mol.